The third-order valence-corrected chi connectivity index (χ3v) is 7.03. The van der Waals surface area contributed by atoms with Crippen LogP contribution in [0.2, 0.25) is 0 Å². The van der Waals surface area contributed by atoms with Gasteiger partial charge in [0.15, 0.2) is 0 Å². The van der Waals surface area contributed by atoms with Crippen molar-refractivity contribution in [2.75, 3.05) is 18.4 Å². The molecule has 0 saturated heterocycles. The molecule has 2 aliphatic rings. The van der Waals surface area contributed by atoms with Gasteiger partial charge in [-0.3, -0.25) is 4.79 Å². The standard InChI is InChI=1S/C22H23FN4O4S/c1-15(28)25-32(30,31)27-10-8-17(9-11-27)16-3-6-21(7-4-16)24-22(29)26-13-18-2-5-20(23)12-19(18)14-26/h2-8,12H,9-11,13-14H2,1H3,(H,24,29)(H,25,28). The highest BCUT2D eigenvalue weighted by Crippen LogP contribution is 2.26. The Hall–Kier alpha value is -3.24. The number of anilines is 1. The van der Waals surface area contributed by atoms with Gasteiger partial charge in [-0.05, 0) is 52.9 Å². The Kier molecular flexibility index (Phi) is 5.98. The number of nitrogens with one attached hydrogen (secondary N) is 2. The minimum atomic E-state index is -3.82. The van der Waals surface area contributed by atoms with E-state index >= 15 is 0 Å². The van der Waals surface area contributed by atoms with Gasteiger partial charge in [0.25, 0.3) is 0 Å². The zero-order chi connectivity index (χ0) is 22.9. The van der Waals surface area contributed by atoms with Crippen molar-refractivity contribution in [1.82, 2.24) is 13.9 Å². The second-order valence-electron chi connectivity index (χ2n) is 7.78. The number of rotatable bonds is 4. The van der Waals surface area contributed by atoms with Gasteiger partial charge in [-0.25, -0.2) is 13.9 Å². The van der Waals surface area contributed by atoms with Gasteiger partial charge < -0.3 is 10.2 Å². The quantitative estimate of drug-likeness (QED) is 0.736. The van der Waals surface area contributed by atoms with Crippen LogP contribution in [0.1, 0.15) is 30.0 Å². The molecule has 10 heteroatoms. The average molecular weight is 459 g/mol. The summed E-state index contributed by atoms with van der Waals surface area (Å²) < 4.78 is 40.7. The van der Waals surface area contributed by atoms with E-state index < -0.39 is 16.1 Å². The van der Waals surface area contributed by atoms with Crippen LogP contribution in [0.3, 0.4) is 0 Å². The van der Waals surface area contributed by atoms with Crippen LogP contribution in [0.4, 0.5) is 14.9 Å². The summed E-state index contributed by atoms with van der Waals surface area (Å²) in [5.41, 5.74) is 4.31. The van der Waals surface area contributed by atoms with E-state index in [2.05, 4.69) is 5.32 Å². The Morgan fingerprint density at radius 3 is 2.41 bits per heavy atom. The number of carbonyl (C=O) groups is 2. The van der Waals surface area contributed by atoms with Gasteiger partial charge in [0.05, 0.1) is 0 Å². The lowest BCUT2D eigenvalue weighted by Gasteiger charge is -2.25. The van der Waals surface area contributed by atoms with E-state index in [1.165, 1.54) is 16.4 Å². The maximum atomic E-state index is 13.4. The SMILES string of the molecule is CC(=O)NS(=O)(=O)N1CC=C(c2ccc(NC(=O)N3Cc4ccc(F)cc4C3)cc2)CC1. The molecule has 0 radical (unpaired) electrons. The fourth-order valence-electron chi connectivity index (χ4n) is 3.85. The fraction of sp³-hybridized carbons (Fsp3) is 0.273. The number of halogens is 1. The second-order valence-corrected chi connectivity index (χ2v) is 9.45. The molecule has 0 unspecified atom stereocenters. The third-order valence-electron chi connectivity index (χ3n) is 5.47. The van der Waals surface area contributed by atoms with Crippen molar-refractivity contribution in [3.05, 3.63) is 71.0 Å². The molecule has 2 N–H and O–H groups in total. The number of nitrogens with zero attached hydrogens (tertiary/aromatic N) is 2. The van der Waals surface area contributed by atoms with Gasteiger partial charge >= 0.3 is 16.2 Å². The summed E-state index contributed by atoms with van der Waals surface area (Å²) in [6, 6.07) is 11.6. The lowest BCUT2D eigenvalue weighted by atomic mass is 10.0. The lowest BCUT2D eigenvalue weighted by Crippen LogP contribution is -2.44. The van der Waals surface area contributed by atoms with E-state index in [1.807, 2.05) is 22.9 Å². The van der Waals surface area contributed by atoms with Crippen molar-refractivity contribution in [3.63, 3.8) is 0 Å². The van der Waals surface area contributed by atoms with Gasteiger partial charge in [-0.1, -0.05) is 24.3 Å². The predicted octanol–water partition coefficient (Wildman–Crippen LogP) is 2.84. The highest BCUT2D eigenvalue weighted by molar-refractivity contribution is 7.87. The Labute approximate surface area is 185 Å². The topological polar surface area (TPSA) is 98.8 Å². The third kappa shape index (κ3) is 4.81. The fourth-order valence-corrected chi connectivity index (χ4v) is 4.95. The first kappa shape index (κ1) is 22.0. The van der Waals surface area contributed by atoms with Crippen LogP contribution >= 0.6 is 0 Å². The number of carbonyl (C=O) groups excluding carboxylic acids is 2. The summed E-state index contributed by atoms with van der Waals surface area (Å²) >= 11 is 0. The average Bonchev–Trinajstić information content (AvgIpc) is 3.17. The van der Waals surface area contributed by atoms with Crippen molar-refractivity contribution in [3.8, 4) is 0 Å². The van der Waals surface area contributed by atoms with Crippen LogP contribution in [0.5, 0.6) is 0 Å². The molecule has 0 saturated carbocycles. The number of hydrogen-bond donors (Lipinski definition) is 2. The summed E-state index contributed by atoms with van der Waals surface area (Å²) in [6.45, 7) is 2.40. The molecule has 0 fully saturated rings. The van der Waals surface area contributed by atoms with E-state index in [-0.39, 0.29) is 24.9 Å². The Bertz CT molecular complexity index is 1190. The molecule has 0 aliphatic carbocycles. The number of amides is 3. The minimum Gasteiger partial charge on any atom is -0.316 e. The smallest absolute Gasteiger partial charge is 0.316 e. The van der Waals surface area contributed by atoms with Crippen molar-refractivity contribution < 1.29 is 22.4 Å². The zero-order valence-electron chi connectivity index (χ0n) is 17.5. The molecular formula is C22H23FN4O4S. The molecular weight excluding hydrogens is 435 g/mol. The van der Waals surface area contributed by atoms with E-state index in [9.17, 15) is 22.4 Å². The van der Waals surface area contributed by atoms with Crippen molar-refractivity contribution in [2.24, 2.45) is 0 Å². The summed E-state index contributed by atoms with van der Waals surface area (Å²) in [5, 5.41) is 2.85. The van der Waals surface area contributed by atoms with Crippen molar-refractivity contribution >= 4 is 33.4 Å². The maximum absolute atomic E-state index is 13.4. The Morgan fingerprint density at radius 2 is 1.75 bits per heavy atom. The van der Waals surface area contributed by atoms with Crippen molar-refractivity contribution in [2.45, 2.75) is 26.4 Å². The van der Waals surface area contributed by atoms with E-state index in [4.69, 9.17) is 0 Å². The molecule has 0 atom stereocenters. The van der Waals surface area contributed by atoms with Crippen molar-refractivity contribution in [1.29, 1.82) is 0 Å². The molecule has 0 spiro atoms. The molecule has 168 valence electrons. The van der Waals surface area contributed by atoms with E-state index in [0.29, 0.717) is 25.2 Å². The Morgan fingerprint density at radius 1 is 1.03 bits per heavy atom. The van der Waals surface area contributed by atoms with Gasteiger partial charge in [-0.2, -0.15) is 12.7 Å². The molecule has 2 aromatic carbocycles. The second kappa shape index (κ2) is 8.71. The molecule has 2 heterocycles. The predicted molar refractivity (Wildman–Crippen MR) is 118 cm³/mol. The Balaban J connectivity index is 1.36. The van der Waals surface area contributed by atoms with Gasteiger partial charge in [0.1, 0.15) is 5.82 Å². The van der Waals surface area contributed by atoms with Gasteiger partial charge in [0.2, 0.25) is 5.91 Å². The van der Waals surface area contributed by atoms with Crippen LogP contribution in [0.15, 0.2) is 48.5 Å². The largest absolute Gasteiger partial charge is 0.322 e. The number of urea groups is 1. The first-order valence-corrected chi connectivity index (χ1v) is 11.6. The zero-order valence-corrected chi connectivity index (χ0v) is 18.3. The van der Waals surface area contributed by atoms with Crippen LogP contribution in [0.25, 0.3) is 5.57 Å². The minimum absolute atomic E-state index is 0.173. The molecule has 4 rings (SSSR count). The monoisotopic (exact) mass is 458 g/mol. The van der Waals surface area contributed by atoms with Gasteiger partial charge in [0, 0.05) is 38.8 Å². The van der Waals surface area contributed by atoms with Crippen LogP contribution < -0.4 is 10.0 Å². The summed E-state index contributed by atoms with van der Waals surface area (Å²) in [4.78, 5) is 25.3. The lowest BCUT2D eigenvalue weighted by molar-refractivity contribution is -0.117. The maximum Gasteiger partial charge on any atom is 0.322 e. The number of fused-ring (bicyclic) bond motifs is 1. The number of hydrogen-bond acceptors (Lipinski definition) is 4. The van der Waals surface area contributed by atoms with E-state index in [0.717, 1.165) is 29.2 Å². The summed E-state index contributed by atoms with van der Waals surface area (Å²) in [5.74, 6) is -0.933. The summed E-state index contributed by atoms with van der Waals surface area (Å²) in [6.07, 6.45) is 2.32. The first-order valence-electron chi connectivity index (χ1n) is 10.1. The molecule has 2 aromatic rings. The molecule has 32 heavy (non-hydrogen) atoms. The molecule has 3 amide bonds. The molecule has 2 aliphatic heterocycles. The van der Waals surface area contributed by atoms with Gasteiger partial charge in [-0.15, -0.1) is 0 Å². The van der Waals surface area contributed by atoms with Crippen LogP contribution in [0, 0.1) is 5.82 Å². The van der Waals surface area contributed by atoms with Crippen LogP contribution in [-0.2, 0) is 28.1 Å². The highest BCUT2D eigenvalue weighted by atomic mass is 32.2. The molecule has 8 nitrogen and oxygen atoms in total. The van der Waals surface area contributed by atoms with Crippen LogP contribution in [-0.4, -0.2) is 42.7 Å². The molecule has 0 aromatic heterocycles. The summed E-state index contributed by atoms with van der Waals surface area (Å²) in [7, 11) is -3.82. The first-order chi connectivity index (χ1) is 15.2. The highest BCUT2D eigenvalue weighted by Gasteiger charge is 2.26. The molecule has 0 bridgehead atoms. The number of benzene rings is 2. The normalized spacial score (nSPS) is 16.3. The van der Waals surface area contributed by atoms with E-state index in [1.54, 1.807) is 23.1 Å².